The molecule has 0 saturated heterocycles. The van der Waals surface area contributed by atoms with E-state index in [2.05, 4.69) is 33.1 Å². The predicted molar refractivity (Wildman–Crippen MR) is 85.6 cm³/mol. The first-order chi connectivity index (χ1) is 9.86. The number of esters is 1. The van der Waals surface area contributed by atoms with Gasteiger partial charge in [-0.05, 0) is 48.8 Å². The van der Waals surface area contributed by atoms with Crippen LogP contribution in [0.5, 0.6) is 0 Å². The molecule has 118 valence electrons. The normalized spacial score (nSPS) is 34.4. The Hall–Kier alpha value is -0.690. The van der Waals surface area contributed by atoms with Gasteiger partial charge in [-0.2, -0.15) is 5.26 Å². The number of carbonyl (C=O) groups is 1. The van der Waals surface area contributed by atoms with Gasteiger partial charge in [0.05, 0.1) is 0 Å². The summed E-state index contributed by atoms with van der Waals surface area (Å²) in [5.41, 5.74) is 0.346. The van der Waals surface area contributed by atoms with E-state index in [1.54, 1.807) is 0 Å². The van der Waals surface area contributed by atoms with Gasteiger partial charge in [-0.15, -0.1) is 0 Å². The van der Waals surface area contributed by atoms with Gasteiger partial charge in [-0.1, -0.05) is 40.5 Å². The molecular formula is C17H27NO2S. The van der Waals surface area contributed by atoms with Crippen LogP contribution < -0.4 is 0 Å². The Morgan fingerprint density at radius 3 is 2.67 bits per heavy atom. The number of thioether (sulfide) groups is 1. The number of hydrogen-bond acceptors (Lipinski definition) is 4. The molecule has 0 radical (unpaired) electrons. The minimum Gasteiger partial charge on any atom is -0.461 e. The monoisotopic (exact) mass is 309 g/mol. The van der Waals surface area contributed by atoms with Gasteiger partial charge in [-0.25, -0.2) is 0 Å². The van der Waals surface area contributed by atoms with E-state index in [0.29, 0.717) is 5.92 Å². The Labute approximate surface area is 132 Å². The van der Waals surface area contributed by atoms with Gasteiger partial charge < -0.3 is 4.74 Å². The van der Waals surface area contributed by atoms with E-state index in [0.717, 1.165) is 43.9 Å². The van der Waals surface area contributed by atoms with Crippen LogP contribution in [0.4, 0.5) is 0 Å². The van der Waals surface area contributed by atoms with Crippen LogP contribution in [0.1, 0.15) is 66.2 Å². The molecule has 2 bridgehead atoms. The van der Waals surface area contributed by atoms with Gasteiger partial charge in [0.25, 0.3) is 0 Å². The SMILES string of the molecule is CCCCC(SC#N)C(=O)OC1C[C@H]2CC[C@@]1(C)C2(C)C. The summed E-state index contributed by atoms with van der Waals surface area (Å²) in [6, 6.07) is 0. The molecule has 0 aromatic rings. The van der Waals surface area contributed by atoms with Crippen molar-refractivity contribution in [3.63, 3.8) is 0 Å². The van der Waals surface area contributed by atoms with Gasteiger partial charge in [0.1, 0.15) is 16.8 Å². The summed E-state index contributed by atoms with van der Waals surface area (Å²) in [6.45, 7) is 9.00. The number of ether oxygens (including phenoxy) is 1. The van der Waals surface area contributed by atoms with Crippen LogP contribution in [0.15, 0.2) is 0 Å². The second-order valence-corrected chi connectivity index (χ2v) is 8.36. The van der Waals surface area contributed by atoms with Crippen molar-refractivity contribution in [1.82, 2.24) is 0 Å². The minimum atomic E-state index is -0.319. The molecule has 0 amide bonds. The maximum absolute atomic E-state index is 12.4. The van der Waals surface area contributed by atoms with Crippen molar-refractivity contribution in [3.8, 4) is 5.40 Å². The number of fused-ring (bicyclic) bond motifs is 2. The minimum absolute atomic E-state index is 0.0298. The van der Waals surface area contributed by atoms with E-state index < -0.39 is 0 Å². The number of rotatable bonds is 6. The zero-order valence-corrected chi connectivity index (χ0v) is 14.5. The number of unbranched alkanes of at least 4 members (excludes halogenated alkanes) is 1. The lowest BCUT2D eigenvalue weighted by atomic mass is 9.70. The molecule has 4 atom stereocenters. The Morgan fingerprint density at radius 2 is 2.19 bits per heavy atom. The zero-order valence-electron chi connectivity index (χ0n) is 13.6. The van der Waals surface area contributed by atoms with Crippen molar-refractivity contribution >= 4 is 17.7 Å². The van der Waals surface area contributed by atoms with Crippen LogP contribution in [0.3, 0.4) is 0 Å². The fourth-order valence-electron chi connectivity index (χ4n) is 4.20. The van der Waals surface area contributed by atoms with E-state index in [-0.39, 0.29) is 28.2 Å². The van der Waals surface area contributed by atoms with Crippen LogP contribution in [-0.4, -0.2) is 17.3 Å². The van der Waals surface area contributed by atoms with Gasteiger partial charge in [0.15, 0.2) is 0 Å². The van der Waals surface area contributed by atoms with Crippen LogP contribution in [0, 0.1) is 27.4 Å². The average molecular weight is 309 g/mol. The third-order valence-electron chi connectivity index (χ3n) is 6.25. The molecule has 0 aromatic heterocycles. The zero-order chi connectivity index (χ0) is 15.7. The Bertz CT molecular complexity index is 443. The maximum atomic E-state index is 12.4. The molecule has 3 nitrogen and oxygen atoms in total. The Kier molecular flexibility index (Phi) is 4.92. The first-order valence-electron chi connectivity index (χ1n) is 8.12. The summed E-state index contributed by atoms with van der Waals surface area (Å²) < 4.78 is 5.88. The smallest absolute Gasteiger partial charge is 0.320 e. The van der Waals surface area contributed by atoms with Crippen molar-refractivity contribution in [2.75, 3.05) is 0 Å². The lowest BCUT2D eigenvalue weighted by Gasteiger charge is -2.38. The third-order valence-corrected chi connectivity index (χ3v) is 7.07. The van der Waals surface area contributed by atoms with E-state index in [1.807, 2.05) is 0 Å². The highest BCUT2D eigenvalue weighted by Gasteiger charge is 2.63. The number of nitriles is 1. The molecule has 2 fully saturated rings. The molecule has 0 N–H and O–H groups in total. The Morgan fingerprint density at radius 1 is 1.48 bits per heavy atom. The van der Waals surface area contributed by atoms with Crippen molar-refractivity contribution in [3.05, 3.63) is 0 Å². The van der Waals surface area contributed by atoms with Crippen LogP contribution in [0.25, 0.3) is 0 Å². The fourth-order valence-corrected chi connectivity index (χ4v) is 4.77. The molecule has 0 heterocycles. The molecule has 4 heteroatoms. The molecule has 2 rings (SSSR count). The molecule has 0 spiro atoms. The number of thiocyanates is 1. The summed E-state index contributed by atoms with van der Waals surface area (Å²) >= 11 is 1.06. The summed E-state index contributed by atoms with van der Waals surface area (Å²) in [5, 5.41) is 10.6. The van der Waals surface area contributed by atoms with E-state index in [9.17, 15) is 4.79 Å². The van der Waals surface area contributed by atoms with E-state index in [1.165, 1.54) is 6.42 Å². The number of hydrogen-bond donors (Lipinski definition) is 0. The van der Waals surface area contributed by atoms with E-state index in [4.69, 9.17) is 10.00 Å². The highest BCUT2D eigenvalue weighted by molar-refractivity contribution is 8.04. The molecule has 2 aliphatic rings. The molecule has 0 aromatic carbocycles. The third kappa shape index (κ3) is 2.82. The van der Waals surface area contributed by atoms with Gasteiger partial charge in [-0.3, -0.25) is 4.79 Å². The summed E-state index contributed by atoms with van der Waals surface area (Å²) in [6.07, 6.45) is 6.16. The summed E-state index contributed by atoms with van der Waals surface area (Å²) in [4.78, 5) is 12.4. The maximum Gasteiger partial charge on any atom is 0.320 e. The van der Waals surface area contributed by atoms with Gasteiger partial charge in [0.2, 0.25) is 0 Å². The standard InChI is InChI=1S/C17H27NO2S/c1-5-6-7-13(21-11-18)15(19)20-14-10-12-8-9-17(14,4)16(12,2)3/h12-14H,5-10H2,1-4H3/t12-,13?,14?,17-/m1/s1. The first kappa shape index (κ1) is 16.7. The largest absolute Gasteiger partial charge is 0.461 e. The Balaban J connectivity index is 2.01. The van der Waals surface area contributed by atoms with Gasteiger partial charge in [0, 0.05) is 5.41 Å². The van der Waals surface area contributed by atoms with E-state index >= 15 is 0 Å². The molecule has 0 aliphatic heterocycles. The quantitative estimate of drug-likeness (QED) is 0.535. The molecular weight excluding hydrogens is 282 g/mol. The second-order valence-electron chi connectivity index (χ2n) is 7.38. The van der Waals surface area contributed by atoms with Crippen molar-refractivity contribution < 1.29 is 9.53 Å². The molecule has 2 unspecified atom stereocenters. The number of carbonyl (C=O) groups excluding carboxylic acids is 1. The number of nitrogens with zero attached hydrogens (tertiary/aromatic N) is 1. The van der Waals surface area contributed by atoms with Crippen LogP contribution in [0.2, 0.25) is 0 Å². The fraction of sp³-hybridized carbons (Fsp3) is 0.882. The second kappa shape index (κ2) is 6.20. The van der Waals surface area contributed by atoms with Crippen LogP contribution in [-0.2, 0) is 9.53 Å². The lowest BCUT2D eigenvalue weighted by Crippen LogP contribution is -2.39. The molecule has 2 aliphatic carbocycles. The molecule has 21 heavy (non-hydrogen) atoms. The first-order valence-corrected chi connectivity index (χ1v) is 9.00. The van der Waals surface area contributed by atoms with Crippen molar-refractivity contribution in [1.29, 1.82) is 5.26 Å². The molecule has 2 saturated carbocycles. The van der Waals surface area contributed by atoms with Crippen molar-refractivity contribution in [2.24, 2.45) is 16.7 Å². The highest BCUT2D eigenvalue weighted by Crippen LogP contribution is 2.66. The average Bonchev–Trinajstić information content (AvgIpc) is 2.76. The lowest BCUT2D eigenvalue weighted by molar-refractivity contribution is -0.156. The topological polar surface area (TPSA) is 50.1 Å². The van der Waals surface area contributed by atoms with Gasteiger partial charge >= 0.3 is 5.97 Å². The predicted octanol–water partition coefficient (Wildman–Crippen LogP) is 4.52. The van der Waals surface area contributed by atoms with Crippen molar-refractivity contribution in [2.45, 2.75) is 77.6 Å². The van der Waals surface area contributed by atoms with Crippen LogP contribution >= 0.6 is 11.8 Å². The highest BCUT2D eigenvalue weighted by atomic mass is 32.2. The summed E-state index contributed by atoms with van der Waals surface area (Å²) in [5.74, 6) is 0.489. The summed E-state index contributed by atoms with van der Waals surface area (Å²) in [7, 11) is 0.